The van der Waals surface area contributed by atoms with Gasteiger partial charge in [0, 0.05) is 37.8 Å². The number of anilines is 1. The molecule has 0 aliphatic carbocycles. The Labute approximate surface area is 145 Å². The molecule has 24 heavy (non-hydrogen) atoms. The lowest BCUT2D eigenvalue weighted by atomic mass is 10.0. The van der Waals surface area contributed by atoms with Crippen LogP contribution in [0.2, 0.25) is 0 Å². The highest BCUT2D eigenvalue weighted by Gasteiger charge is 2.32. The average Bonchev–Trinajstić information content (AvgIpc) is 3.19. The Balaban J connectivity index is 1.47. The van der Waals surface area contributed by atoms with Gasteiger partial charge in [0.2, 0.25) is 0 Å². The zero-order valence-corrected chi connectivity index (χ0v) is 14.5. The van der Waals surface area contributed by atoms with E-state index < -0.39 is 0 Å². The van der Waals surface area contributed by atoms with Crippen LogP contribution in [-0.2, 0) is 4.79 Å². The van der Waals surface area contributed by atoms with Gasteiger partial charge in [-0.3, -0.25) is 4.79 Å². The number of hydrogen-bond acceptors (Lipinski definition) is 6. The summed E-state index contributed by atoms with van der Waals surface area (Å²) in [4.78, 5) is 18.3. The second-order valence-electron chi connectivity index (χ2n) is 6.47. The van der Waals surface area contributed by atoms with Crippen molar-refractivity contribution in [1.29, 1.82) is 0 Å². The minimum absolute atomic E-state index is 0.338. The van der Waals surface area contributed by atoms with E-state index in [1.165, 1.54) is 10.4 Å². The predicted octanol–water partition coefficient (Wildman–Crippen LogP) is 1.80. The molecular weight excluding hydrogens is 322 g/mol. The summed E-state index contributed by atoms with van der Waals surface area (Å²) in [7, 11) is 1.97. The van der Waals surface area contributed by atoms with Crippen LogP contribution in [0.4, 0.5) is 5.00 Å². The SMILES string of the molecule is CN1C=C(C(N)=O)N(C2CCN(c3snc4ccccc34)CC2)C1. The summed E-state index contributed by atoms with van der Waals surface area (Å²) >= 11 is 1.58. The molecule has 0 unspecified atom stereocenters. The second kappa shape index (κ2) is 5.98. The molecule has 0 radical (unpaired) electrons. The number of carbonyl (C=O) groups is 1. The summed E-state index contributed by atoms with van der Waals surface area (Å²) in [6.07, 6.45) is 3.89. The lowest BCUT2D eigenvalue weighted by Gasteiger charge is -2.38. The van der Waals surface area contributed by atoms with Crippen LogP contribution >= 0.6 is 11.5 Å². The van der Waals surface area contributed by atoms with E-state index in [0.29, 0.717) is 11.7 Å². The van der Waals surface area contributed by atoms with Gasteiger partial charge in [0.1, 0.15) is 10.7 Å². The van der Waals surface area contributed by atoms with Crippen LogP contribution in [0.3, 0.4) is 0 Å². The van der Waals surface area contributed by atoms with E-state index in [9.17, 15) is 4.79 Å². The maximum absolute atomic E-state index is 11.7. The first-order chi connectivity index (χ1) is 11.6. The van der Waals surface area contributed by atoms with Gasteiger partial charge < -0.3 is 20.4 Å². The molecule has 1 fully saturated rings. The van der Waals surface area contributed by atoms with Gasteiger partial charge >= 0.3 is 0 Å². The molecule has 1 amide bonds. The third-order valence-corrected chi connectivity index (χ3v) is 5.78. The molecule has 2 aliphatic rings. The molecule has 0 saturated carbocycles. The number of fused-ring (bicyclic) bond motifs is 1. The number of primary amides is 1. The van der Waals surface area contributed by atoms with Crippen molar-refractivity contribution in [1.82, 2.24) is 14.2 Å². The minimum atomic E-state index is -0.338. The average molecular weight is 343 g/mol. The zero-order chi connectivity index (χ0) is 16.7. The second-order valence-corrected chi connectivity index (χ2v) is 7.22. The molecular formula is C17H21N5OS. The van der Waals surface area contributed by atoms with Crippen molar-refractivity contribution in [2.45, 2.75) is 18.9 Å². The molecule has 2 N–H and O–H groups in total. The van der Waals surface area contributed by atoms with Gasteiger partial charge in [0.25, 0.3) is 5.91 Å². The van der Waals surface area contributed by atoms with Crippen molar-refractivity contribution in [3.05, 3.63) is 36.2 Å². The van der Waals surface area contributed by atoms with Gasteiger partial charge in [-0.05, 0) is 36.5 Å². The van der Waals surface area contributed by atoms with Crippen molar-refractivity contribution < 1.29 is 4.79 Å². The van der Waals surface area contributed by atoms with Crippen molar-refractivity contribution in [2.75, 3.05) is 31.7 Å². The first-order valence-electron chi connectivity index (χ1n) is 8.21. The molecule has 2 aromatic rings. The number of rotatable bonds is 3. The van der Waals surface area contributed by atoms with E-state index in [1.54, 1.807) is 11.5 Å². The van der Waals surface area contributed by atoms with Crippen LogP contribution in [0.5, 0.6) is 0 Å². The number of nitrogens with zero attached hydrogens (tertiary/aromatic N) is 4. The van der Waals surface area contributed by atoms with E-state index in [2.05, 4.69) is 32.4 Å². The van der Waals surface area contributed by atoms with Crippen molar-refractivity contribution in [3.63, 3.8) is 0 Å². The molecule has 1 aromatic carbocycles. The summed E-state index contributed by atoms with van der Waals surface area (Å²) in [5, 5.41) is 2.49. The summed E-state index contributed by atoms with van der Waals surface area (Å²) in [5.41, 5.74) is 7.24. The van der Waals surface area contributed by atoms with Crippen LogP contribution < -0.4 is 10.6 Å². The lowest BCUT2D eigenvalue weighted by molar-refractivity contribution is -0.116. The zero-order valence-electron chi connectivity index (χ0n) is 13.7. The number of amides is 1. The number of carbonyl (C=O) groups excluding carboxylic acids is 1. The molecule has 4 rings (SSSR count). The predicted molar refractivity (Wildman–Crippen MR) is 96.6 cm³/mol. The largest absolute Gasteiger partial charge is 0.364 e. The van der Waals surface area contributed by atoms with Crippen LogP contribution in [0.25, 0.3) is 10.9 Å². The Morgan fingerprint density at radius 1 is 1.29 bits per heavy atom. The third-order valence-electron chi connectivity index (χ3n) is 4.84. The fourth-order valence-electron chi connectivity index (χ4n) is 3.64. The van der Waals surface area contributed by atoms with Gasteiger partial charge in [-0.2, -0.15) is 4.37 Å². The molecule has 7 heteroatoms. The number of benzene rings is 1. The standard InChI is InChI=1S/C17H21N5OS/c1-20-10-15(16(18)23)22(11-20)12-6-8-21(9-7-12)17-13-4-2-3-5-14(13)19-24-17/h2-5,10,12H,6-9,11H2,1H3,(H2,18,23). The van der Waals surface area contributed by atoms with Crippen LogP contribution in [-0.4, -0.2) is 52.9 Å². The lowest BCUT2D eigenvalue weighted by Crippen LogP contribution is -2.46. The highest BCUT2D eigenvalue weighted by molar-refractivity contribution is 7.11. The molecule has 2 aliphatic heterocycles. The van der Waals surface area contributed by atoms with Crippen LogP contribution in [0, 0.1) is 0 Å². The van der Waals surface area contributed by atoms with Gasteiger partial charge in [0.05, 0.1) is 12.2 Å². The molecule has 126 valence electrons. The molecule has 6 nitrogen and oxygen atoms in total. The molecule has 0 bridgehead atoms. The van der Waals surface area contributed by atoms with E-state index in [0.717, 1.165) is 38.1 Å². The molecule has 1 aromatic heterocycles. The van der Waals surface area contributed by atoms with Crippen LogP contribution in [0.15, 0.2) is 36.2 Å². The number of piperidine rings is 1. The fourth-order valence-corrected chi connectivity index (χ4v) is 4.55. The monoisotopic (exact) mass is 343 g/mol. The van der Waals surface area contributed by atoms with E-state index in [-0.39, 0.29) is 5.91 Å². The van der Waals surface area contributed by atoms with Gasteiger partial charge in [-0.1, -0.05) is 12.1 Å². The normalized spacial score (nSPS) is 19.2. The highest BCUT2D eigenvalue weighted by Crippen LogP contribution is 2.34. The molecule has 0 atom stereocenters. The Bertz CT molecular complexity index is 793. The van der Waals surface area contributed by atoms with Crippen molar-refractivity contribution in [3.8, 4) is 0 Å². The smallest absolute Gasteiger partial charge is 0.266 e. The Morgan fingerprint density at radius 2 is 2.04 bits per heavy atom. The summed E-state index contributed by atoms with van der Waals surface area (Å²) in [6.45, 7) is 2.69. The van der Waals surface area contributed by atoms with Crippen molar-refractivity contribution in [2.24, 2.45) is 5.73 Å². The number of hydrogen-bond donors (Lipinski definition) is 1. The quantitative estimate of drug-likeness (QED) is 0.920. The van der Waals surface area contributed by atoms with Crippen LogP contribution in [0.1, 0.15) is 12.8 Å². The fraction of sp³-hybridized carbons (Fsp3) is 0.412. The Kier molecular flexibility index (Phi) is 3.80. The number of aromatic nitrogens is 1. The maximum Gasteiger partial charge on any atom is 0.266 e. The number of nitrogens with two attached hydrogens (primary N) is 1. The summed E-state index contributed by atoms with van der Waals surface area (Å²) in [5.74, 6) is -0.338. The minimum Gasteiger partial charge on any atom is -0.364 e. The topological polar surface area (TPSA) is 65.7 Å². The maximum atomic E-state index is 11.7. The molecule has 0 spiro atoms. The Morgan fingerprint density at radius 3 is 2.79 bits per heavy atom. The van der Waals surface area contributed by atoms with Gasteiger partial charge in [-0.15, -0.1) is 0 Å². The third kappa shape index (κ3) is 2.58. The first-order valence-corrected chi connectivity index (χ1v) is 8.98. The summed E-state index contributed by atoms with van der Waals surface area (Å²) < 4.78 is 4.55. The van der Waals surface area contributed by atoms with E-state index in [1.807, 2.05) is 24.2 Å². The first kappa shape index (κ1) is 15.3. The van der Waals surface area contributed by atoms with E-state index in [4.69, 9.17) is 5.73 Å². The summed E-state index contributed by atoms with van der Waals surface area (Å²) in [6, 6.07) is 8.66. The highest BCUT2D eigenvalue weighted by atomic mass is 32.1. The molecule has 3 heterocycles. The Hall–Kier alpha value is -2.28. The van der Waals surface area contributed by atoms with Gasteiger partial charge in [-0.25, -0.2) is 0 Å². The van der Waals surface area contributed by atoms with Crippen molar-refractivity contribution >= 4 is 33.3 Å². The molecule has 1 saturated heterocycles. The van der Waals surface area contributed by atoms with Gasteiger partial charge in [0.15, 0.2) is 0 Å². The van der Waals surface area contributed by atoms with E-state index >= 15 is 0 Å².